The molecule has 2 aliphatic rings. The van der Waals surface area contributed by atoms with E-state index in [1.54, 1.807) is 26.8 Å². The third kappa shape index (κ3) is 4.88. The quantitative estimate of drug-likeness (QED) is 0.721. The first kappa shape index (κ1) is 23.2. The lowest BCUT2D eigenvalue weighted by molar-refractivity contribution is -0.191. The Hall–Kier alpha value is -2.51. The Kier molecular flexibility index (Phi) is 6.13. The molecule has 1 spiro atoms. The smallest absolute Gasteiger partial charge is 0.417 e. The van der Waals surface area contributed by atoms with Crippen molar-refractivity contribution in [1.82, 2.24) is 4.90 Å². The van der Waals surface area contributed by atoms with Crippen LogP contribution in [-0.4, -0.2) is 52.7 Å². The molecule has 3 rings (SSSR count). The minimum absolute atomic E-state index is 0.171. The molecule has 1 heterocycles. The molecular weight excluding hydrogens is 415 g/mol. The lowest BCUT2D eigenvalue weighted by Crippen LogP contribution is -2.61. The van der Waals surface area contributed by atoms with E-state index in [-0.39, 0.29) is 12.1 Å². The van der Waals surface area contributed by atoms with Crippen molar-refractivity contribution in [2.45, 2.75) is 69.6 Å². The molecule has 0 aromatic heterocycles. The number of benzene rings is 1. The van der Waals surface area contributed by atoms with Gasteiger partial charge in [-0.2, -0.15) is 18.4 Å². The maximum Gasteiger partial charge on any atom is 0.417 e. The zero-order valence-electron chi connectivity index (χ0n) is 17.6. The number of rotatable bonds is 3. The van der Waals surface area contributed by atoms with Gasteiger partial charge in [-0.1, -0.05) is 0 Å². The van der Waals surface area contributed by atoms with Crippen LogP contribution >= 0.6 is 0 Å². The zero-order valence-corrected chi connectivity index (χ0v) is 17.6. The predicted octanol–water partition coefficient (Wildman–Crippen LogP) is 4.43. The van der Waals surface area contributed by atoms with Gasteiger partial charge >= 0.3 is 12.3 Å². The summed E-state index contributed by atoms with van der Waals surface area (Å²) in [5.74, 6) is -0.885. The van der Waals surface area contributed by atoms with Crippen LogP contribution in [0.2, 0.25) is 0 Å². The number of nitrogens with zero attached hydrogens (tertiary/aromatic N) is 2. The molecule has 2 atom stereocenters. The zero-order chi connectivity index (χ0) is 23.0. The van der Waals surface area contributed by atoms with E-state index in [0.29, 0.717) is 26.1 Å². The highest BCUT2D eigenvalue weighted by Gasteiger charge is 2.50. The van der Waals surface area contributed by atoms with E-state index in [0.717, 1.165) is 12.1 Å². The van der Waals surface area contributed by atoms with E-state index < -0.39 is 46.8 Å². The summed E-state index contributed by atoms with van der Waals surface area (Å²) in [6.45, 7) is 6.12. The Morgan fingerprint density at radius 3 is 2.45 bits per heavy atom. The van der Waals surface area contributed by atoms with E-state index >= 15 is 0 Å². The van der Waals surface area contributed by atoms with Crippen LogP contribution in [0.4, 0.5) is 23.7 Å². The average molecular weight is 441 g/mol. The number of alkyl halides is 3. The van der Waals surface area contributed by atoms with Crippen LogP contribution in [0.25, 0.3) is 0 Å². The summed E-state index contributed by atoms with van der Waals surface area (Å²) in [4.78, 5) is 13.5. The number of anilines is 1. The second kappa shape index (κ2) is 8.20. The van der Waals surface area contributed by atoms with Crippen LogP contribution in [0.5, 0.6) is 0 Å². The van der Waals surface area contributed by atoms with Gasteiger partial charge in [-0.05, 0) is 45.4 Å². The Bertz CT molecular complexity index is 870. The van der Waals surface area contributed by atoms with Crippen molar-refractivity contribution >= 4 is 11.8 Å². The summed E-state index contributed by atoms with van der Waals surface area (Å²) in [5, 5.41) is 22.0. The van der Waals surface area contributed by atoms with Crippen LogP contribution in [0.15, 0.2) is 18.2 Å². The lowest BCUT2D eigenvalue weighted by atomic mass is 9.82. The van der Waals surface area contributed by atoms with Crippen molar-refractivity contribution < 1.29 is 32.5 Å². The van der Waals surface area contributed by atoms with Crippen molar-refractivity contribution in [3.8, 4) is 6.07 Å². The number of ether oxygens (including phenoxy) is 2. The number of hydrogen-bond acceptors (Lipinski definition) is 5. The molecule has 2 N–H and O–H groups in total. The summed E-state index contributed by atoms with van der Waals surface area (Å²) in [5.41, 5.74) is -2.08. The van der Waals surface area contributed by atoms with Gasteiger partial charge in [0.1, 0.15) is 0 Å². The second-order valence-corrected chi connectivity index (χ2v) is 8.86. The number of hydrogen-bond donors (Lipinski definition) is 2. The first-order valence-corrected chi connectivity index (χ1v) is 10.0. The molecule has 0 unspecified atom stereocenters. The Labute approximate surface area is 178 Å². The Morgan fingerprint density at radius 1 is 1.29 bits per heavy atom. The molecule has 1 aromatic rings. The number of amides is 1. The van der Waals surface area contributed by atoms with Crippen LogP contribution in [-0.2, 0) is 15.7 Å². The van der Waals surface area contributed by atoms with Gasteiger partial charge in [0.25, 0.3) is 0 Å². The van der Waals surface area contributed by atoms with Crippen molar-refractivity contribution in [3.63, 3.8) is 0 Å². The predicted molar refractivity (Wildman–Crippen MR) is 105 cm³/mol. The Balaban J connectivity index is 1.95. The number of halogens is 3. The summed E-state index contributed by atoms with van der Waals surface area (Å²) >= 11 is 0. The van der Waals surface area contributed by atoms with Crippen molar-refractivity contribution in [1.29, 1.82) is 5.26 Å². The average Bonchev–Trinajstić information content (AvgIpc) is 3.10. The lowest BCUT2D eigenvalue weighted by Gasteiger charge is -2.49. The molecule has 1 saturated heterocycles. The molecule has 1 aromatic carbocycles. The third-order valence-electron chi connectivity index (χ3n) is 5.69. The molecule has 1 aliphatic heterocycles. The summed E-state index contributed by atoms with van der Waals surface area (Å²) in [6, 6.07) is 3.90. The molecular formula is C21H26F3N3O4. The van der Waals surface area contributed by atoms with Gasteiger partial charge in [0.15, 0.2) is 5.79 Å². The van der Waals surface area contributed by atoms with Gasteiger partial charge in [0, 0.05) is 30.1 Å². The first-order valence-electron chi connectivity index (χ1n) is 10.0. The van der Waals surface area contributed by atoms with E-state index in [2.05, 4.69) is 5.32 Å². The molecule has 0 radical (unpaired) electrons. The van der Waals surface area contributed by atoms with E-state index in [1.165, 1.54) is 11.0 Å². The largest absolute Gasteiger partial charge is 0.465 e. The SMILES string of the molecule is CC(C)(C)N(C(=O)O)[C@H]1CC2(CC[C@@H]1Nc1ccc(C#N)c(C(F)(F)F)c1)OCCO2. The maximum absolute atomic E-state index is 13.4. The summed E-state index contributed by atoms with van der Waals surface area (Å²) < 4.78 is 51.7. The normalized spacial score (nSPS) is 23.4. The van der Waals surface area contributed by atoms with Gasteiger partial charge in [-0.15, -0.1) is 0 Å². The first-order chi connectivity index (χ1) is 14.4. The summed E-state index contributed by atoms with van der Waals surface area (Å²) in [7, 11) is 0. The molecule has 10 heteroatoms. The number of carboxylic acid groups (broad SMARTS) is 1. The van der Waals surface area contributed by atoms with E-state index in [9.17, 15) is 23.1 Å². The number of carbonyl (C=O) groups is 1. The van der Waals surface area contributed by atoms with Gasteiger partial charge in [0.05, 0.1) is 36.5 Å². The highest BCUT2D eigenvalue weighted by Crippen LogP contribution is 2.41. The highest BCUT2D eigenvalue weighted by molar-refractivity contribution is 5.67. The second-order valence-electron chi connectivity index (χ2n) is 8.86. The fourth-order valence-electron chi connectivity index (χ4n) is 4.44. The van der Waals surface area contributed by atoms with Gasteiger partial charge < -0.3 is 19.9 Å². The van der Waals surface area contributed by atoms with Crippen LogP contribution in [0.1, 0.15) is 51.2 Å². The van der Waals surface area contributed by atoms with Crippen LogP contribution in [0, 0.1) is 11.3 Å². The van der Waals surface area contributed by atoms with E-state index in [4.69, 9.17) is 14.7 Å². The van der Waals surface area contributed by atoms with Gasteiger partial charge in [0.2, 0.25) is 0 Å². The monoisotopic (exact) mass is 441 g/mol. The fourth-order valence-corrected chi connectivity index (χ4v) is 4.44. The maximum atomic E-state index is 13.4. The summed E-state index contributed by atoms with van der Waals surface area (Å²) in [6.07, 6.45) is -4.62. The third-order valence-corrected chi connectivity index (χ3v) is 5.69. The van der Waals surface area contributed by atoms with Gasteiger partial charge in [-0.3, -0.25) is 4.90 Å². The molecule has 170 valence electrons. The fraction of sp³-hybridized carbons (Fsp3) is 0.619. The standard InChI is InChI=1S/C21H26F3N3O4/c1-19(2,3)27(18(28)29)17-11-20(30-8-9-31-20)7-6-16(17)26-14-5-4-13(12-25)15(10-14)21(22,23)24/h4-5,10,16-17,26H,6-9,11H2,1-3H3,(H,28,29)/t16-,17-/m0/s1. The molecule has 2 fully saturated rings. The van der Waals surface area contributed by atoms with Crippen molar-refractivity contribution in [2.24, 2.45) is 0 Å². The van der Waals surface area contributed by atoms with Crippen LogP contribution in [0.3, 0.4) is 0 Å². The topological polar surface area (TPSA) is 94.8 Å². The number of nitriles is 1. The van der Waals surface area contributed by atoms with Crippen molar-refractivity contribution in [2.75, 3.05) is 18.5 Å². The molecule has 7 nitrogen and oxygen atoms in total. The molecule has 0 bridgehead atoms. The van der Waals surface area contributed by atoms with E-state index in [1.807, 2.05) is 0 Å². The van der Waals surface area contributed by atoms with Crippen molar-refractivity contribution in [3.05, 3.63) is 29.3 Å². The molecule has 1 amide bonds. The highest BCUT2D eigenvalue weighted by atomic mass is 19.4. The molecule has 1 aliphatic carbocycles. The minimum atomic E-state index is -4.68. The van der Waals surface area contributed by atoms with Gasteiger partial charge in [-0.25, -0.2) is 4.79 Å². The Morgan fingerprint density at radius 2 is 1.94 bits per heavy atom. The van der Waals surface area contributed by atoms with Crippen LogP contribution < -0.4 is 5.32 Å². The minimum Gasteiger partial charge on any atom is -0.465 e. The molecule has 31 heavy (non-hydrogen) atoms. The number of nitrogens with one attached hydrogen (secondary N) is 1. The molecule has 1 saturated carbocycles.